The number of likely N-dealkylation sites (tertiary alicyclic amines) is 1. The van der Waals surface area contributed by atoms with E-state index in [-0.39, 0.29) is 23.8 Å². The Balaban J connectivity index is 1.64. The van der Waals surface area contributed by atoms with Gasteiger partial charge in [-0.15, -0.1) is 0 Å². The first-order valence-corrected chi connectivity index (χ1v) is 10.5. The van der Waals surface area contributed by atoms with E-state index in [1.165, 1.54) is 11.1 Å². The van der Waals surface area contributed by atoms with Crippen LogP contribution in [-0.2, 0) is 16.0 Å². The molecule has 2 heterocycles. The van der Waals surface area contributed by atoms with Crippen molar-refractivity contribution >= 4 is 11.8 Å². The number of nitrogens with zero attached hydrogens (tertiary/aromatic N) is 2. The number of benzene rings is 1. The van der Waals surface area contributed by atoms with Crippen molar-refractivity contribution in [1.82, 2.24) is 15.1 Å². The molecule has 0 aromatic heterocycles. The molecule has 2 amide bonds. The summed E-state index contributed by atoms with van der Waals surface area (Å²) in [5.41, 5.74) is 2.54. The van der Waals surface area contributed by atoms with Gasteiger partial charge in [-0.05, 0) is 36.8 Å². The van der Waals surface area contributed by atoms with Gasteiger partial charge in [-0.25, -0.2) is 0 Å². The topological polar surface area (TPSA) is 52.7 Å². The van der Waals surface area contributed by atoms with Gasteiger partial charge in [-0.2, -0.15) is 0 Å². The minimum Gasteiger partial charge on any atom is -0.343 e. The smallest absolute Gasteiger partial charge is 0.226 e. The number of aryl methyl sites for hydroxylation is 1. The summed E-state index contributed by atoms with van der Waals surface area (Å²) in [6.45, 7) is 8.05. The van der Waals surface area contributed by atoms with E-state index >= 15 is 0 Å². The molecule has 0 bridgehead atoms. The monoisotopic (exact) mass is 371 g/mol. The third kappa shape index (κ3) is 4.70. The van der Waals surface area contributed by atoms with Crippen molar-refractivity contribution in [2.45, 2.75) is 52.0 Å². The summed E-state index contributed by atoms with van der Waals surface area (Å²) in [5, 5.41) is 3.44. The molecule has 0 saturated carbocycles. The second-order valence-electron chi connectivity index (χ2n) is 7.75. The maximum atomic E-state index is 13.3. The average molecular weight is 372 g/mol. The summed E-state index contributed by atoms with van der Waals surface area (Å²) >= 11 is 0. The molecule has 27 heavy (non-hydrogen) atoms. The molecule has 0 aliphatic carbocycles. The number of piperazine rings is 1. The van der Waals surface area contributed by atoms with Gasteiger partial charge >= 0.3 is 0 Å². The molecule has 1 aromatic rings. The highest BCUT2D eigenvalue weighted by Crippen LogP contribution is 2.28. The maximum absolute atomic E-state index is 13.3. The van der Waals surface area contributed by atoms with Crippen LogP contribution in [0.5, 0.6) is 0 Å². The van der Waals surface area contributed by atoms with E-state index in [2.05, 4.69) is 41.4 Å². The molecule has 2 aliphatic rings. The zero-order valence-electron chi connectivity index (χ0n) is 16.7. The zero-order valence-corrected chi connectivity index (χ0v) is 16.7. The Morgan fingerprint density at radius 1 is 1.07 bits per heavy atom. The zero-order chi connectivity index (χ0) is 19.2. The number of amides is 2. The lowest BCUT2D eigenvalue weighted by Crippen LogP contribution is -2.52. The lowest BCUT2D eigenvalue weighted by Gasteiger charge is -2.40. The maximum Gasteiger partial charge on any atom is 0.226 e. The second-order valence-corrected chi connectivity index (χ2v) is 7.75. The Labute approximate surface area is 163 Å². The van der Waals surface area contributed by atoms with Crippen molar-refractivity contribution in [3.63, 3.8) is 0 Å². The number of nitrogens with one attached hydrogen (secondary N) is 1. The van der Waals surface area contributed by atoms with E-state index in [1.807, 2.05) is 11.8 Å². The Morgan fingerprint density at radius 3 is 2.41 bits per heavy atom. The van der Waals surface area contributed by atoms with Gasteiger partial charge in [-0.1, -0.05) is 38.1 Å². The molecule has 0 radical (unpaired) electrons. The Hall–Kier alpha value is -1.88. The van der Waals surface area contributed by atoms with Crippen LogP contribution in [0.2, 0.25) is 0 Å². The van der Waals surface area contributed by atoms with Gasteiger partial charge in [0.1, 0.15) is 0 Å². The molecule has 1 unspecified atom stereocenters. The first-order chi connectivity index (χ1) is 13.1. The minimum absolute atomic E-state index is 0.0474. The molecule has 5 heteroatoms. The highest BCUT2D eigenvalue weighted by molar-refractivity contribution is 5.80. The van der Waals surface area contributed by atoms with Gasteiger partial charge in [0, 0.05) is 45.1 Å². The Bertz CT molecular complexity index is 635. The van der Waals surface area contributed by atoms with Crippen molar-refractivity contribution < 1.29 is 9.59 Å². The summed E-state index contributed by atoms with van der Waals surface area (Å²) in [5.74, 6) is 0.550. The van der Waals surface area contributed by atoms with Crippen LogP contribution in [0, 0.1) is 5.92 Å². The van der Waals surface area contributed by atoms with Crippen LogP contribution >= 0.6 is 0 Å². The molecular formula is C22H33N3O2. The molecule has 2 aliphatic heterocycles. The molecule has 5 nitrogen and oxygen atoms in total. The third-order valence-corrected chi connectivity index (χ3v) is 5.96. The fourth-order valence-corrected chi connectivity index (χ4v) is 4.22. The SMILES string of the molecule is CCCC(=O)N1CCC(C(=O)N2CCNCC2c2ccc(CC)cc2)CC1. The lowest BCUT2D eigenvalue weighted by atomic mass is 9.92. The normalized spacial score (nSPS) is 21.3. The molecule has 148 valence electrons. The van der Waals surface area contributed by atoms with E-state index in [9.17, 15) is 9.59 Å². The van der Waals surface area contributed by atoms with E-state index in [0.717, 1.165) is 58.4 Å². The van der Waals surface area contributed by atoms with Crippen LogP contribution in [0.25, 0.3) is 0 Å². The van der Waals surface area contributed by atoms with Crippen LogP contribution in [0.4, 0.5) is 0 Å². The standard InChI is InChI=1S/C22H33N3O2/c1-3-5-21(26)24-13-10-19(11-14-24)22(27)25-15-12-23-16-20(25)18-8-6-17(4-2)7-9-18/h6-9,19-20,23H,3-5,10-16H2,1-2H3. The van der Waals surface area contributed by atoms with Gasteiger partial charge < -0.3 is 15.1 Å². The van der Waals surface area contributed by atoms with Crippen LogP contribution in [0.15, 0.2) is 24.3 Å². The van der Waals surface area contributed by atoms with Gasteiger partial charge in [0.05, 0.1) is 6.04 Å². The lowest BCUT2D eigenvalue weighted by molar-refractivity contribution is -0.143. The summed E-state index contributed by atoms with van der Waals surface area (Å²) in [6, 6.07) is 8.79. The number of rotatable bonds is 5. The molecule has 1 atom stereocenters. The van der Waals surface area contributed by atoms with E-state index in [0.29, 0.717) is 6.42 Å². The molecule has 1 N–H and O–H groups in total. The predicted octanol–water partition coefficient (Wildman–Crippen LogP) is 2.76. The molecule has 2 saturated heterocycles. The number of carbonyl (C=O) groups excluding carboxylic acids is 2. The largest absolute Gasteiger partial charge is 0.343 e. The third-order valence-electron chi connectivity index (χ3n) is 5.96. The summed E-state index contributed by atoms with van der Waals surface area (Å²) < 4.78 is 0. The second kappa shape index (κ2) is 9.36. The van der Waals surface area contributed by atoms with Crippen LogP contribution in [0.1, 0.15) is 56.7 Å². The van der Waals surface area contributed by atoms with Crippen LogP contribution in [0.3, 0.4) is 0 Å². The van der Waals surface area contributed by atoms with E-state index in [4.69, 9.17) is 0 Å². The van der Waals surface area contributed by atoms with Crippen LogP contribution < -0.4 is 5.32 Å². The van der Waals surface area contributed by atoms with Crippen molar-refractivity contribution in [3.8, 4) is 0 Å². The minimum atomic E-state index is 0.0474. The Kier molecular flexibility index (Phi) is 6.89. The molecule has 2 fully saturated rings. The molecule has 3 rings (SSSR count). The quantitative estimate of drug-likeness (QED) is 0.866. The fourth-order valence-electron chi connectivity index (χ4n) is 4.22. The highest BCUT2D eigenvalue weighted by Gasteiger charge is 2.34. The highest BCUT2D eigenvalue weighted by atomic mass is 16.2. The van der Waals surface area contributed by atoms with Gasteiger partial charge in [0.15, 0.2) is 0 Å². The van der Waals surface area contributed by atoms with Crippen molar-refractivity contribution in [3.05, 3.63) is 35.4 Å². The predicted molar refractivity (Wildman–Crippen MR) is 107 cm³/mol. The van der Waals surface area contributed by atoms with Crippen molar-refractivity contribution in [1.29, 1.82) is 0 Å². The molecular weight excluding hydrogens is 338 g/mol. The fraction of sp³-hybridized carbons (Fsp3) is 0.636. The van der Waals surface area contributed by atoms with Gasteiger partial charge in [0.2, 0.25) is 11.8 Å². The molecule has 0 spiro atoms. The first kappa shape index (κ1) is 19.9. The van der Waals surface area contributed by atoms with Gasteiger partial charge in [-0.3, -0.25) is 9.59 Å². The van der Waals surface area contributed by atoms with Crippen LogP contribution in [-0.4, -0.2) is 54.3 Å². The summed E-state index contributed by atoms with van der Waals surface area (Å²) in [4.78, 5) is 29.4. The van der Waals surface area contributed by atoms with E-state index < -0.39 is 0 Å². The molecule has 1 aromatic carbocycles. The van der Waals surface area contributed by atoms with Gasteiger partial charge in [0.25, 0.3) is 0 Å². The van der Waals surface area contributed by atoms with Crippen molar-refractivity contribution in [2.24, 2.45) is 5.92 Å². The average Bonchev–Trinajstić information content (AvgIpc) is 2.73. The number of carbonyl (C=O) groups is 2. The first-order valence-electron chi connectivity index (χ1n) is 10.5. The number of hydrogen-bond donors (Lipinski definition) is 1. The summed E-state index contributed by atoms with van der Waals surface area (Å²) in [7, 11) is 0. The Morgan fingerprint density at radius 2 is 1.78 bits per heavy atom. The summed E-state index contributed by atoms with van der Waals surface area (Å²) in [6.07, 6.45) is 4.11. The number of piperidine rings is 1. The number of hydrogen-bond acceptors (Lipinski definition) is 3. The van der Waals surface area contributed by atoms with E-state index in [1.54, 1.807) is 0 Å². The van der Waals surface area contributed by atoms with Crippen molar-refractivity contribution in [2.75, 3.05) is 32.7 Å².